The monoisotopic (exact) mass is 261 g/mol. The van der Waals surface area contributed by atoms with Gasteiger partial charge >= 0.3 is 5.97 Å². The predicted octanol–water partition coefficient (Wildman–Crippen LogP) is 2.96. The van der Waals surface area contributed by atoms with E-state index in [2.05, 4.69) is 5.32 Å². The second-order valence-corrected chi connectivity index (χ2v) is 3.92. The van der Waals surface area contributed by atoms with Gasteiger partial charge in [-0.2, -0.15) is 0 Å². The Morgan fingerprint density at radius 1 is 1.26 bits per heavy atom. The van der Waals surface area contributed by atoms with E-state index in [1.807, 2.05) is 6.07 Å². The summed E-state index contributed by atoms with van der Waals surface area (Å²) in [6.07, 6.45) is 0.321. The van der Waals surface area contributed by atoms with Gasteiger partial charge in [-0.25, -0.2) is 4.79 Å². The number of fused-ring (bicyclic) bond motifs is 1. The molecule has 0 spiro atoms. The molecule has 0 fully saturated rings. The van der Waals surface area contributed by atoms with Crippen molar-refractivity contribution in [1.82, 2.24) is 0 Å². The summed E-state index contributed by atoms with van der Waals surface area (Å²) in [5.41, 5.74) is 0.915. The maximum atomic E-state index is 11.8. The number of furan rings is 1. The van der Waals surface area contributed by atoms with Crippen molar-refractivity contribution in [2.75, 3.05) is 11.9 Å². The van der Waals surface area contributed by atoms with Crippen LogP contribution in [0.15, 0.2) is 28.7 Å². The van der Waals surface area contributed by atoms with Crippen molar-refractivity contribution in [2.24, 2.45) is 0 Å². The van der Waals surface area contributed by atoms with Gasteiger partial charge < -0.3 is 14.5 Å². The highest BCUT2D eigenvalue weighted by molar-refractivity contribution is 6.09. The molecule has 0 saturated heterocycles. The first kappa shape index (κ1) is 13.1. The van der Waals surface area contributed by atoms with Crippen molar-refractivity contribution < 1.29 is 18.7 Å². The van der Waals surface area contributed by atoms with Crippen LogP contribution in [0.1, 0.15) is 30.8 Å². The Labute approximate surface area is 110 Å². The fourth-order valence-electron chi connectivity index (χ4n) is 1.74. The molecule has 5 nitrogen and oxygen atoms in total. The number of para-hydroxylation sites is 1. The second-order valence-electron chi connectivity index (χ2n) is 3.92. The first-order chi connectivity index (χ1) is 9.17. The number of rotatable bonds is 4. The van der Waals surface area contributed by atoms with E-state index >= 15 is 0 Å². The zero-order valence-corrected chi connectivity index (χ0v) is 10.9. The molecular weight excluding hydrogens is 246 g/mol. The van der Waals surface area contributed by atoms with E-state index in [1.165, 1.54) is 0 Å². The van der Waals surface area contributed by atoms with Gasteiger partial charge in [-0.3, -0.25) is 4.79 Å². The highest BCUT2D eigenvalue weighted by Gasteiger charge is 2.22. The van der Waals surface area contributed by atoms with Crippen LogP contribution in [0.25, 0.3) is 11.0 Å². The molecule has 1 amide bonds. The van der Waals surface area contributed by atoms with Crippen LogP contribution < -0.4 is 5.32 Å². The Hall–Kier alpha value is -2.30. The summed E-state index contributed by atoms with van der Waals surface area (Å²) >= 11 is 0. The van der Waals surface area contributed by atoms with Crippen LogP contribution in [0.3, 0.4) is 0 Å². The normalized spacial score (nSPS) is 10.4. The van der Waals surface area contributed by atoms with Gasteiger partial charge in [0.2, 0.25) is 11.7 Å². The standard InChI is InChI=1S/C14H15NO4/c1-3-11(16)15-12-9-7-5-6-8-10(9)19-13(12)14(17)18-4-2/h5-8H,3-4H2,1-2H3,(H,15,16). The van der Waals surface area contributed by atoms with Crippen LogP contribution in [0.5, 0.6) is 0 Å². The minimum Gasteiger partial charge on any atom is -0.460 e. The largest absolute Gasteiger partial charge is 0.460 e. The molecule has 2 aromatic rings. The number of anilines is 1. The van der Waals surface area contributed by atoms with Crippen LogP contribution >= 0.6 is 0 Å². The van der Waals surface area contributed by atoms with E-state index in [1.54, 1.807) is 32.0 Å². The molecule has 0 bridgehead atoms. The summed E-state index contributed by atoms with van der Waals surface area (Å²) in [7, 11) is 0. The molecule has 100 valence electrons. The van der Waals surface area contributed by atoms with E-state index in [-0.39, 0.29) is 18.3 Å². The molecule has 1 N–H and O–H groups in total. The molecule has 0 atom stereocenters. The van der Waals surface area contributed by atoms with Crippen molar-refractivity contribution >= 4 is 28.5 Å². The van der Waals surface area contributed by atoms with Gasteiger partial charge in [0.15, 0.2) is 0 Å². The lowest BCUT2D eigenvalue weighted by atomic mass is 10.2. The second kappa shape index (κ2) is 5.56. The quantitative estimate of drug-likeness (QED) is 0.859. The summed E-state index contributed by atoms with van der Waals surface area (Å²) in [6, 6.07) is 7.13. The van der Waals surface area contributed by atoms with Gasteiger partial charge in [0.1, 0.15) is 11.3 Å². The van der Waals surface area contributed by atoms with E-state index < -0.39 is 5.97 Å². The Morgan fingerprint density at radius 2 is 2.00 bits per heavy atom. The van der Waals surface area contributed by atoms with Gasteiger partial charge in [0, 0.05) is 11.8 Å². The first-order valence-electron chi connectivity index (χ1n) is 6.15. The van der Waals surface area contributed by atoms with Crippen LogP contribution in [0, 0.1) is 0 Å². The molecule has 1 aromatic carbocycles. The molecule has 0 radical (unpaired) electrons. The van der Waals surface area contributed by atoms with Crippen LogP contribution in [0.2, 0.25) is 0 Å². The molecule has 0 saturated carbocycles. The molecule has 0 aliphatic carbocycles. The maximum Gasteiger partial charge on any atom is 0.376 e. The zero-order valence-electron chi connectivity index (χ0n) is 10.9. The fourth-order valence-corrected chi connectivity index (χ4v) is 1.74. The third-order valence-corrected chi connectivity index (χ3v) is 2.64. The summed E-state index contributed by atoms with van der Waals surface area (Å²) in [6.45, 7) is 3.70. The minimum atomic E-state index is -0.579. The van der Waals surface area contributed by atoms with Crippen molar-refractivity contribution in [3.8, 4) is 0 Å². The van der Waals surface area contributed by atoms with E-state index in [0.717, 1.165) is 0 Å². The fraction of sp³-hybridized carbons (Fsp3) is 0.286. The van der Waals surface area contributed by atoms with E-state index in [0.29, 0.717) is 23.1 Å². The lowest BCUT2D eigenvalue weighted by Crippen LogP contribution is -2.13. The highest BCUT2D eigenvalue weighted by Crippen LogP contribution is 2.31. The molecule has 0 aliphatic rings. The number of hydrogen-bond donors (Lipinski definition) is 1. The number of hydrogen-bond acceptors (Lipinski definition) is 4. The SMILES string of the molecule is CCOC(=O)c1oc2ccccc2c1NC(=O)CC. The average molecular weight is 261 g/mol. The number of carbonyl (C=O) groups excluding carboxylic acids is 2. The summed E-state index contributed by atoms with van der Waals surface area (Å²) < 4.78 is 10.4. The lowest BCUT2D eigenvalue weighted by Gasteiger charge is -2.04. The molecule has 1 aromatic heterocycles. The van der Waals surface area contributed by atoms with Crippen molar-refractivity contribution in [2.45, 2.75) is 20.3 Å². The molecule has 0 aliphatic heterocycles. The van der Waals surface area contributed by atoms with Crippen LogP contribution in [-0.4, -0.2) is 18.5 Å². The summed E-state index contributed by atoms with van der Waals surface area (Å²) in [5, 5.41) is 3.38. The van der Waals surface area contributed by atoms with Crippen molar-refractivity contribution in [3.63, 3.8) is 0 Å². The number of nitrogens with one attached hydrogen (secondary N) is 1. The van der Waals surface area contributed by atoms with Crippen LogP contribution in [-0.2, 0) is 9.53 Å². The summed E-state index contributed by atoms with van der Waals surface area (Å²) in [4.78, 5) is 23.4. The lowest BCUT2D eigenvalue weighted by molar-refractivity contribution is -0.115. The molecular formula is C14H15NO4. The third kappa shape index (κ3) is 2.59. The van der Waals surface area contributed by atoms with Gasteiger partial charge in [0.05, 0.1) is 6.61 Å². The number of ether oxygens (including phenoxy) is 1. The molecule has 19 heavy (non-hydrogen) atoms. The van der Waals surface area contributed by atoms with Crippen molar-refractivity contribution in [3.05, 3.63) is 30.0 Å². The molecule has 1 heterocycles. The van der Waals surface area contributed by atoms with Gasteiger partial charge in [-0.15, -0.1) is 0 Å². The highest BCUT2D eigenvalue weighted by atomic mass is 16.5. The number of esters is 1. The topological polar surface area (TPSA) is 68.5 Å². The maximum absolute atomic E-state index is 11.8. The Balaban J connectivity index is 2.51. The number of benzene rings is 1. The van der Waals surface area contributed by atoms with Crippen LogP contribution in [0.4, 0.5) is 5.69 Å². The van der Waals surface area contributed by atoms with E-state index in [4.69, 9.17) is 9.15 Å². The summed E-state index contributed by atoms with van der Waals surface area (Å²) in [5.74, 6) is -0.730. The average Bonchev–Trinajstić information content (AvgIpc) is 2.78. The van der Waals surface area contributed by atoms with E-state index in [9.17, 15) is 9.59 Å². The molecule has 2 rings (SSSR count). The first-order valence-corrected chi connectivity index (χ1v) is 6.15. The van der Waals surface area contributed by atoms with Gasteiger partial charge in [-0.05, 0) is 19.1 Å². The smallest absolute Gasteiger partial charge is 0.376 e. The third-order valence-electron chi connectivity index (χ3n) is 2.64. The number of carbonyl (C=O) groups is 2. The predicted molar refractivity (Wildman–Crippen MR) is 71.1 cm³/mol. The molecule has 0 unspecified atom stereocenters. The minimum absolute atomic E-state index is 0.0323. The number of amides is 1. The Bertz CT molecular complexity index is 615. The van der Waals surface area contributed by atoms with Crippen molar-refractivity contribution in [1.29, 1.82) is 0 Å². The Kier molecular flexibility index (Phi) is 3.85. The Morgan fingerprint density at radius 3 is 2.68 bits per heavy atom. The van der Waals surface area contributed by atoms with Gasteiger partial charge in [-0.1, -0.05) is 19.1 Å². The molecule has 5 heteroatoms. The van der Waals surface area contributed by atoms with Gasteiger partial charge in [0.25, 0.3) is 0 Å². The zero-order chi connectivity index (χ0) is 13.8.